The van der Waals surface area contributed by atoms with Gasteiger partial charge < -0.3 is 9.64 Å². The minimum absolute atomic E-state index is 0.0610. The Labute approximate surface area is 163 Å². The number of piperidine rings is 1. The fraction of sp³-hybridized carbons (Fsp3) is 0.273. The van der Waals surface area contributed by atoms with Crippen molar-refractivity contribution in [2.24, 2.45) is 0 Å². The summed E-state index contributed by atoms with van der Waals surface area (Å²) in [6.07, 6.45) is 1.90. The number of hydrogen-bond acceptors (Lipinski definition) is 3. The van der Waals surface area contributed by atoms with Gasteiger partial charge in [-0.15, -0.1) is 0 Å². The molecule has 0 saturated carbocycles. The molecular formula is C22H22FN3O2. The van der Waals surface area contributed by atoms with Crippen LogP contribution in [0.2, 0.25) is 0 Å². The van der Waals surface area contributed by atoms with Crippen LogP contribution in [0.25, 0.3) is 11.3 Å². The molecule has 3 aromatic rings. The van der Waals surface area contributed by atoms with Crippen LogP contribution in [0.5, 0.6) is 5.75 Å². The van der Waals surface area contributed by atoms with Gasteiger partial charge in [-0.2, -0.15) is 5.10 Å². The van der Waals surface area contributed by atoms with E-state index in [-0.39, 0.29) is 17.6 Å². The van der Waals surface area contributed by atoms with Gasteiger partial charge in [0.1, 0.15) is 11.6 Å². The highest BCUT2D eigenvalue weighted by molar-refractivity contribution is 5.94. The number of aromatic amines is 1. The van der Waals surface area contributed by atoms with Crippen molar-refractivity contribution < 1.29 is 13.9 Å². The summed E-state index contributed by atoms with van der Waals surface area (Å²) in [7, 11) is 1.65. The lowest BCUT2D eigenvalue weighted by Crippen LogP contribution is -2.39. The molecule has 28 heavy (non-hydrogen) atoms. The van der Waals surface area contributed by atoms with Crippen molar-refractivity contribution in [1.29, 1.82) is 0 Å². The van der Waals surface area contributed by atoms with Crippen molar-refractivity contribution in [2.45, 2.75) is 18.8 Å². The summed E-state index contributed by atoms with van der Waals surface area (Å²) in [5.74, 6) is 0.565. The number of likely N-dealkylation sites (tertiary alicyclic amines) is 1. The minimum atomic E-state index is -0.339. The van der Waals surface area contributed by atoms with Crippen molar-refractivity contribution in [3.63, 3.8) is 0 Å². The SMILES string of the molecule is COc1ccccc1-c1cc([C@H]2CCCN(C(=O)c3ccc(F)cc3)C2)[nH]n1. The number of benzene rings is 2. The second kappa shape index (κ2) is 7.84. The number of carbonyl (C=O) groups excluding carboxylic acids is 1. The number of amides is 1. The average molecular weight is 379 g/mol. The van der Waals surface area contributed by atoms with E-state index < -0.39 is 0 Å². The monoisotopic (exact) mass is 379 g/mol. The molecule has 0 unspecified atom stereocenters. The molecule has 0 bridgehead atoms. The molecule has 1 aromatic heterocycles. The Morgan fingerprint density at radius 1 is 1.21 bits per heavy atom. The molecule has 144 valence electrons. The van der Waals surface area contributed by atoms with Gasteiger partial charge in [-0.25, -0.2) is 4.39 Å². The molecule has 1 N–H and O–H groups in total. The number of rotatable bonds is 4. The summed E-state index contributed by atoms with van der Waals surface area (Å²) < 4.78 is 18.6. The first-order valence-corrected chi connectivity index (χ1v) is 9.39. The first kappa shape index (κ1) is 18.2. The molecule has 0 radical (unpaired) electrons. The maximum absolute atomic E-state index is 13.1. The van der Waals surface area contributed by atoms with Crippen LogP contribution in [-0.2, 0) is 0 Å². The molecule has 5 nitrogen and oxygen atoms in total. The normalized spacial score (nSPS) is 16.8. The van der Waals surface area contributed by atoms with Crippen LogP contribution in [-0.4, -0.2) is 41.2 Å². The molecule has 0 aliphatic carbocycles. The van der Waals surface area contributed by atoms with E-state index in [0.717, 1.165) is 35.5 Å². The zero-order valence-electron chi connectivity index (χ0n) is 15.7. The van der Waals surface area contributed by atoms with E-state index in [0.29, 0.717) is 18.7 Å². The molecule has 1 fully saturated rings. The van der Waals surface area contributed by atoms with E-state index in [2.05, 4.69) is 10.2 Å². The van der Waals surface area contributed by atoms with Gasteiger partial charge in [-0.3, -0.25) is 9.89 Å². The first-order valence-electron chi connectivity index (χ1n) is 9.39. The summed E-state index contributed by atoms with van der Waals surface area (Å²) in [5.41, 5.74) is 3.29. The number of ether oxygens (including phenoxy) is 1. The van der Waals surface area contributed by atoms with Gasteiger partial charge in [0.25, 0.3) is 5.91 Å². The molecule has 1 aliphatic rings. The van der Waals surface area contributed by atoms with Crippen molar-refractivity contribution >= 4 is 5.91 Å². The Balaban J connectivity index is 1.51. The average Bonchev–Trinajstić information content (AvgIpc) is 3.24. The Kier molecular flexibility index (Phi) is 5.10. The number of hydrogen-bond donors (Lipinski definition) is 1. The first-order chi connectivity index (χ1) is 13.7. The quantitative estimate of drug-likeness (QED) is 0.737. The summed E-state index contributed by atoms with van der Waals surface area (Å²) in [6, 6.07) is 15.5. The Morgan fingerprint density at radius 2 is 2.00 bits per heavy atom. The van der Waals surface area contributed by atoms with E-state index in [4.69, 9.17) is 4.74 Å². The highest BCUT2D eigenvalue weighted by Gasteiger charge is 2.27. The van der Waals surface area contributed by atoms with Gasteiger partial charge in [0, 0.05) is 35.8 Å². The molecular weight excluding hydrogens is 357 g/mol. The number of carbonyl (C=O) groups is 1. The van der Waals surface area contributed by atoms with Gasteiger partial charge in [0.05, 0.1) is 12.8 Å². The van der Waals surface area contributed by atoms with Crippen LogP contribution in [0.15, 0.2) is 54.6 Å². The van der Waals surface area contributed by atoms with Crippen molar-refractivity contribution in [1.82, 2.24) is 15.1 Å². The smallest absolute Gasteiger partial charge is 0.253 e. The van der Waals surface area contributed by atoms with E-state index in [9.17, 15) is 9.18 Å². The van der Waals surface area contributed by atoms with Gasteiger partial charge >= 0.3 is 0 Å². The molecule has 1 atom stereocenters. The molecule has 2 aromatic carbocycles. The third kappa shape index (κ3) is 3.63. The number of nitrogens with one attached hydrogen (secondary N) is 1. The molecule has 0 spiro atoms. The lowest BCUT2D eigenvalue weighted by Gasteiger charge is -2.32. The maximum Gasteiger partial charge on any atom is 0.253 e. The fourth-order valence-electron chi connectivity index (χ4n) is 3.73. The van der Waals surface area contributed by atoms with E-state index >= 15 is 0 Å². The van der Waals surface area contributed by atoms with Gasteiger partial charge in [-0.1, -0.05) is 12.1 Å². The van der Waals surface area contributed by atoms with Crippen LogP contribution in [0.3, 0.4) is 0 Å². The Hall–Kier alpha value is -3.15. The molecule has 1 saturated heterocycles. The minimum Gasteiger partial charge on any atom is -0.496 e. The summed E-state index contributed by atoms with van der Waals surface area (Å²) in [4.78, 5) is 14.6. The number of nitrogens with zero attached hydrogens (tertiary/aromatic N) is 2. The third-order valence-corrected chi connectivity index (χ3v) is 5.22. The van der Waals surface area contributed by atoms with Crippen molar-refractivity contribution in [3.8, 4) is 17.0 Å². The van der Waals surface area contributed by atoms with Gasteiger partial charge in [-0.05, 0) is 55.3 Å². The fourth-order valence-corrected chi connectivity index (χ4v) is 3.73. The number of methoxy groups -OCH3 is 1. The van der Waals surface area contributed by atoms with Crippen LogP contribution in [0, 0.1) is 5.82 Å². The zero-order chi connectivity index (χ0) is 19.5. The highest BCUT2D eigenvalue weighted by atomic mass is 19.1. The van der Waals surface area contributed by atoms with E-state index in [1.807, 2.05) is 35.2 Å². The standard InChI is InChI=1S/C22H22FN3O2/c1-28-21-7-3-2-6-18(21)20-13-19(24-25-20)16-5-4-12-26(14-16)22(27)15-8-10-17(23)11-9-15/h2-3,6-11,13,16H,4-5,12,14H2,1H3,(H,24,25)/t16-/m0/s1. The van der Waals surface area contributed by atoms with Gasteiger partial charge in [0.15, 0.2) is 0 Å². The predicted molar refractivity (Wildman–Crippen MR) is 105 cm³/mol. The zero-order valence-corrected chi connectivity index (χ0v) is 15.7. The van der Waals surface area contributed by atoms with E-state index in [1.54, 1.807) is 7.11 Å². The van der Waals surface area contributed by atoms with Crippen LogP contribution >= 0.6 is 0 Å². The molecule has 2 heterocycles. The second-order valence-corrected chi connectivity index (χ2v) is 7.01. The van der Waals surface area contributed by atoms with Gasteiger partial charge in [0.2, 0.25) is 0 Å². The van der Waals surface area contributed by atoms with Crippen LogP contribution in [0.4, 0.5) is 4.39 Å². The molecule has 1 aliphatic heterocycles. The molecule has 1 amide bonds. The van der Waals surface area contributed by atoms with Crippen molar-refractivity contribution in [2.75, 3.05) is 20.2 Å². The summed E-state index contributed by atoms with van der Waals surface area (Å²) >= 11 is 0. The van der Waals surface area contributed by atoms with Crippen LogP contribution in [0.1, 0.15) is 34.8 Å². The largest absolute Gasteiger partial charge is 0.496 e. The molecule has 4 rings (SSSR count). The second-order valence-electron chi connectivity index (χ2n) is 7.01. The third-order valence-electron chi connectivity index (χ3n) is 5.22. The summed E-state index contributed by atoms with van der Waals surface area (Å²) in [6.45, 7) is 1.32. The molecule has 6 heteroatoms. The number of halogens is 1. The number of aromatic nitrogens is 2. The Bertz CT molecular complexity index is 968. The lowest BCUT2D eigenvalue weighted by molar-refractivity contribution is 0.0706. The lowest BCUT2D eigenvalue weighted by atomic mass is 9.93. The number of para-hydroxylation sites is 1. The van der Waals surface area contributed by atoms with Crippen molar-refractivity contribution in [3.05, 3.63) is 71.7 Å². The summed E-state index contributed by atoms with van der Waals surface area (Å²) in [5, 5.41) is 7.60. The highest BCUT2D eigenvalue weighted by Crippen LogP contribution is 2.32. The van der Waals surface area contributed by atoms with E-state index in [1.165, 1.54) is 24.3 Å². The van der Waals surface area contributed by atoms with Crippen LogP contribution < -0.4 is 4.74 Å². The topological polar surface area (TPSA) is 58.2 Å². The maximum atomic E-state index is 13.1. The Morgan fingerprint density at radius 3 is 2.79 bits per heavy atom. The predicted octanol–water partition coefficient (Wildman–Crippen LogP) is 4.24. The number of H-pyrrole nitrogens is 1.